The van der Waals surface area contributed by atoms with Gasteiger partial charge in [-0.3, -0.25) is 9.80 Å². The maximum Gasteiger partial charge on any atom is 0.0695 e. The standard InChI is InChI=1S/C13H24N2O/c1-10-7-14-6-2-3-12(14)8-15(10)9-13(16)11-4-5-11/h10-13,16H,2-9H2,1H3. The Bertz CT molecular complexity index is 252. The van der Waals surface area contributed by atoms with Crippen LogP contribution in [0.3, 0.4) is 0 Å². The fourth-order valence-corrected chi connectivity index (χ4v) is 3.37. The van der Waals surface area contributed by atoms with Crippen molar-refractivity contribution in [3.8, 4) is 0 Å². The molecule has 3 fully saturated rings. The van der Waals surface area contributed by atoms with Gasteiger partial charge in [-0.1, -0.05) is 0 Å². The summed E-state index contributed by atoms with van der Waals surface area (Å²) in [5, 5.41) is 10.0. The smallest absolute Gasteiger partial charge is 0.0695 e. The van der Waals surface area contributed by atoms with Crippen LogP contribution in [0, 0.1) is 5.92 Å². The lowest BCUT2D eigenvalue weighted by atomic mass is 10.1. The Kier molecular flexibility index (Phi) is 2.94. The molecule has 16 heavy (non-hydrogen) atoms. The zero-order valence-electron chi connectivity index (χ0n) is 10.3. The van der Waals surface area contributed by atoms with Gasteiger partial charge >= 0.3 is 0 Å². The van der Waals surface area contributed by atoms with Gasteiger partial charge in [0.1, 0.15) is 0 Å². The number of hydrogen-bond donors (Lipinski definition) is 1. The molecule has 2 saturated heterocycles. The topological polar surface area (TPSA) is 26.7 Å². The first-order valence-electron chi connectivity index (χ1n) is 6.90. The van der Waals surface area contributed by atoms with Crippen LogP contribution in [0.5, 0.6) is 0 Å². The van der Waals surface area contributed by atoms with E-state index < -0.39 is 0 Å². The van der Waals surface area contributed by atoms with Gasteiger partial charge in [-0.2, -0.15) is 0 Å². The molecule has 3 heteroatoms. The van der Waals surface area contributed by atoms with Crippen LogP contribution in [0.15, 0.2) is 0 Å². The number of rotatable bonds is 3. The highest BCUT2D eigenvalue weighted by molar-refractivity contribution is 4.92. The van der Waals surface area contributed by atoms with Crippen LogP contribution >= 0.6 is 0 Å². The first-order valence-corrected chi connectivity index (χ1v) is 6.90. The van der Waals surface area contributed by atoms with Gasteiger partial charge in [-0.25, -0.2) is 0 Å². The lowest BCUT2D eigenvalue weighted by Crippen LogP contribution is -2.56. The van der Waals surface area contributed by atoms with Crippen LogP contribution in [-0.4, -0.2) is 59.3 Å². The largest absolute Gasteiger partial charge is 0.392 e. The maximum atomic E-state index is 10.0. The Morgan fingerprint density at radius 2 is 2.06 bits per heavy atom. The molecular weight excluding hydrogens is 200 g/mol. The van der Waals surface area contributed by atoms with Crippen LogP contribution in [-0.2, 0) is 0 Å². The van der Waals surface area contributed by atoms with E-state index in [0.717, 1.165) is 12.6 Å². The third-order valence-electron chi connectivity index (χ3n) is 4.65. The molecule has 2 aliphatic heterocycles. The second-order valence-corrected chi connectivity index (χ2v) is 6.00. The van der Waals surface area contributed by atoms with Crippen LogP contribution in [0.1, 0.15) is 32.6 Å². The Labute approximate surface area is 98.4 Å². The summed E-state index contributed by atoms with van der Waals surface area (Å²) in [6.45, 7) is 6.92. The highest BCUT2D eigenvalue weighted by atomic mass is 16.3. The monoisotopic (exact) mass is 224 g/mol. The molecule has 92 valence electrons. The van der Waals surface area contributed by atoms with E-state index in [-0.39, 0.29) is 6.10 Å². The van der Waals surface area contributed by atoms with E-state index in [1.165, 1.54) is 45.3 Å². The average Bonchev–Trinajstić information content (AvgIpc) is 3.01. The molecule has 0 amide bonds. The molecule has 3 aliphatic rings. The minimum atomic E-state index is -0.0598. The highest BCUT2D eigenvalue weighted by Crippen LogP contribution is 2.34. The van der Waals surface area contributed by atoms with E-state index in [9.17, 15) is 5.11 Å². The van der Waals surface area contributed by atoms with Crippen LogP contribution < -0.4 is 0 Å². The normalized spacial score (nSPS) is 38.6. The summed E-state index contributed by atoms with van der Waals surface area (Å²) in [6, 6.07) is 1.41. The minimum absolute atomic E-state index is 0.0598. The molecule has 3 unspecified atom stereocenters. The third kappa shape index (κ3) is 2.13. The van der Waals surface area contributed by atoms with Crippen molar-refractivity contribution in [3.05, 3.63) is 0 Å². The highest BCUT2D eigenvalue weighted by Gasteiger charge is 2.37. The summed E-state index contributed by atoms with van der Waals surface area (Å²) in [4.78, 5) is 5.17. The summed E-state index contributed by atoms with van der Waals surface area (Å²) in [5.41, 5.74) is 0. The third-order valence-corrected chi connectivity index (χ3v) is 4.65. The van der Waals surface area contributed by atoms with E-state index in [1.807, 2.05) is 0 Å². The lowest BCUT2D eigenvalue weighted by molar-refractivity contribution is 0.0169. The predicted octanol–water partition coefficient (Wildman–Crippen LogP) is 0.926. The number of β-amino-alcohol motifs (C(OH)–C–C–N with tert-alkyl or cyclic N) is 1. The van der Waals surface area contributed by atoms with Gasteiger partial charge in [0.25, 0.3) is 0 Å². The van der Waals surface area contributed by atoms with Gasteiger partial charge in [0.15, 0.2) is 0 Å². The Balaban J connectivity index is 1.57. The van der Waals surface area contributed by atoms with Gasteiger partial charge in [0.05, 0.1) is 6.10 Å². The first-order chi connectivity index (χ1) is 7.74. The van der Waals surface area contributed by atoms with Gasteiger partial charge in [0.2, 0.25) is 0 Å². The van der Waals surface area contributed by atoms with Gasteiger partial charge in [0, 0.05) is 31.7 Å². The van der Waals surface area contributed by atoms with Gasteiger partial charge in [-0.05, 0) is 45.1 Å². The molecule has 1 saturated carbocycles. The maximum absolute atomic E-state index is 10.0. The fraction of sp³-hybridized carbons (Fsp3) is 1.00. The van der Waals surface area contributed by atoms with Crippen molar-refractivity contribution in [2.45, 2.75) is 50.8 Å². The molecule has 1 aliphatic carbocycles. The molecule has 1 N–H and O–H groups in total. The molecule has 0 aromatic carbocycles. The molecule has 2 heterocycles. The molecule has 0 radical (unpaired) electrons. The van der Waals surface area contributed by atoms with E-state index in [4.69, 9.17) is 0 Å². The average molecular weight is 224 g/mol. The van der Waals surface area contributed by atoms with Crippen molar-refractivity contribution >= 4 is 0 Å². The molecule has 3 rings (SSSR count). The Hall–Kier alpha value is -0.120. The zero-order valence-corrected chi connectivity index (χ0v) is 10.3. The molecule has 3 nitrogen and oxygen atoms in total. The van der Waals surface area contributed by atoms with E-state index in [1.54, 1.807) is 0 Å². The van der Waals surface area contributed by atoms with E-state index >= 15 is 0 Å². The second kappa shape index (κ2) is 4.28. The number of aliphatic hydroxyl groups excluding tert-OH is 1. The van der Waals surface area contributed by atoms with E-state index in [0.29, 0.717) is 12.0 Å². The molecule has 3 atom stereocenters. The van der Waals surface area contributed by atoms with Gasteiger partial charge < -0.3 is 5.11 Å². The summed E-state index contributed by atoms with van der Waals surface area (Å²) < 4.78 is 0. The van der Waals surface area contributed by atoms with Crippen LogP contribution in [0.25, 0.3) is 0 Å². The van der Waals surface area contributed by atoms with Crippen molar-refractivity contribution in [3.63, 3.8) is 0 Å². The van der Waals surface area contributed by atoms with E-state index in [2.05, 4.69) is 16.7 Å². The molecule has 0 aromatic heterocycles. The summed E-state index contributed by atoms with van der Waals surface area (Å²) in [5.74, 6) is 0.619. The summed E-state index contributed by atoms with van der Waals surface area (Å²) in [7, 11) is 0. The minimum Gasteiger partial charge on any atom is -0.392 e. The zero-order chi connectivity index (χ0) is 11.1. The van der Waals surface area contributed by atoms with Crippen molar-refractivity contribution in [1.82, 2.24) is 9.80 Å². The number of hydrogen-bond acceptors (Lipinski definition) is 3. The van der Waals surface area contributed by atoms with Crippen molar-refractivity contribution in [2.24, 2.45) is 5.92 Å². The number of fused-ring (bicyclic) bond motifs is 1. The molecular formula is C13H24N2O. The quantitative estimate of drug-likeness (QED) is 0.772. The van der Waals surface area contributed by atoms with Crippen molar-refractivity contribution in [2.75, 3.05) is 26.2 Å². The summed E-state index contributed by atoms with van der Waals surface area (Å²) in [6.07, 6.45) is 5.17. The fourth-order valence-electron chi connectivity index (χ4n) is 3.37. The van der Waals surface area contributed by atoms with Crippen LogP contribution in [0.4, 0.5) is 0 Å². The lowest BCUT2D eigenvalue weighted by Gasteiger charge is -2.43. The summed E-state index contributed by atoms with van der Waals surface area (Å²) >= 11 is 0. The second-order valence-electron chi connectivity index (χ2n) is 6.00. The Morgan fingerprint density at radius 1 is 1.25 bits per heavy atom. The Morgan fingerprint density at radius 3 is 2.81 bits per heavy atom. The van der Waals surface area contributed by atoms with Crippen LogP contribution in [0.2, 0.25) is 0 Å². The number of aliphatic hydroxyl groups is 1. The van der Waals surface area contributed by atoms with Crippen molar-refractivity contribution in [1.29, 1.82) is 0 Å². The molecule has 0 aromatic rings. The molecule has 0 bridgehead atoms. The van der Waals surface area contributed by atoms with Crippen molar-refractivity contribution < 1.29 is 5.11 Å². The predicted molar refractivity (Wildman–Crippen MR) is 64.4 cm³/mol. The molecule has 0 spiro atoms. The number of nitrogens with zero attached hydrogens (tertiary/aromatic N) is 2. The van der Waals surface area contributed by atoms with Gasteiger partial charge in [-0.15, -0.1) is 0 Å². The first kappa shape index (κ1) is 11.0. The number of piperazine rings is 1. The SMILES string of the molecule is CC1CN2CCCC2CN1CC(O)C1CC1.